The molecule has 0 aliphatic carbocycles. The van der Waals surface area contributed by atoms with Crippen LogP contribution in [0.5, 0.6) is 5.75 Å². The van der Waals surface area contributed by atoms with E-state index in [1.807, 2.05) is 47.4 Å². The zero-order valence-corrected chi connectivity index (χ0v) is 24.7. The SMILES string of the molecule is O=C(c1ccc(C(c2ccccc2O)N2CCN(C(c3ccccc3)c3ccc(Cl)cc3)CC2)cc1)N1CCCCC1. The number of benzene rings is 4. The predicted octanol–water partition coefficient (Wildman–Crippen LogP) is 7.17. The van der Waals surface area contributed by atoms with Crippen molar-refractivity contribution in [1.29, 1.82) is 0 Å². The average Bonchev–Trinajstić information content (AvgIpc) is 3.05. The Morgan fingerprint density at radius 2 is 1.12 bits per heavy atom. The summed E-state index contributed by atoms with van der Waals surface area (Å²) in [5.74, 6) is 0.407. The van der Waals surface area contributed by atoms with Gasteiger partial charge in [-0.25, -0.2) is 0 Å². The lowest BCUT2D eigenvalue weighted by molar-refractivity contribution is 0.0724. The van der Waals surface area contributed by atoms with Crippen LogP contribution in [0.4, 0.5) is 0 Å². The Balaban J connectivity index is 1.25. The molecule has 0 bridgehead atoms. The third-order valence-corrected chi connectivity index (χ3v) is 8.98. The monoisotopic (exact) mass is 579 g/mol. The first kappa shape index (κ1) is 28.5. The molecule has 4 aromatic carbocycles. The van der Waals surface area contributed by atoms with E-state index in [9.17, 15) is 9.90 Å². The number of para-hydroxylation sites is 1. The molecule has 6 rings (SSSR count). The maximum absolute atomic E-state index is 13.1. The summed E-state index contributed by atoms with van der Waals surface area (Å²) in [6.07, 6.45) is 3.35. The van der Waals surface area contributed by atoms with Crippen LogP contribution in [-0.2, 0) is 0 Å². The van der Waals surface area contributed by atoms with Gasteiger partial charge in [0.05, 0.1) is 12.1 Å². The Morgan fingerprint density at radius 1 is 0.595 bits per heavy atom. The van der Waals surface area contributed by atoms with Gasteiger partial charge in [-0.05, 0) is 66.3 Å². The van der Waals surface area contributed by atoms with E-state index in [0.717, 1.165) is 73.8 Å². The Bertz CT molecular complexity index is 1460. The quantitative estimate of drug-likeness (QED) is 0.252. The number of hydrogen-bond acceptors (Lipinski definition) is 4. The molecule has 0 radical (unpaired) electrons. The number of rotatable bonds is 7. The fourth-order valence-corrected chi connectivity index (χ4v) is 6.67. The van der Waals surface area contributed by atoms with Gasteiger partial charge in [-0.1, -0.05) is 84.4 Å². The smallest absolute Gasteiger partial charge is 0.253 e. The summed E-state index contributed by atoms with van der Waals surface area (Å²) in [6, 6.07) is 34.6. The summed E-state index contributed by atoms with van der Waals surface area (Å²) in [5, 5.41) is 11.7. The lowest BCUT2D eigenvalue weighted by Crippen LogP contribution is -2.49. The number of phenols is 1. The van der Waals surface area contributed by atoms with Crippen molar-refractivity contribution in [2.75, 3.05) is 39.3 Å². The molecule has 2 saturated heterocycles. The Labute approximate surface area is 254 Å². The molecular formula is C36H38ClN3O2. The van der Waals surface area contributed by atoms with Crippen molar-refractivity contribution in [2.24, 2.45) is 0 Å². The zero-order chi connectivity index (χ0) is 28.9. The Kier molecular flexibility index (Phi) is 8.90. The van der Waals surface area contributed by atoms with Crippen LogP contribution >= 0.6 is 11.6 Å². The number of hydrogen-bond donors (Lipinski definition) is 1. The number of amides is 1. The number of aromatic hydroxyl groups is 1. The van der Waals surface area contributed by atoms with Crippen molar-refractivity contribution in [3.63, 3.8) is 0 Å². The van der Waals surface area contributed by atoms with Gasteiger partial charge in [-0.3, -0.25) is 14.6 Å². The molecule has 0 spiro atoms. The van der Waals surface area contributed by atoms with Crippen molar-refractivity contribution in [1.82, 2.24) is 14.7 Å². The molecule has 0 aromatic heterocycles. The van der Waals surface area contributed by atoms with Gasteiger partial charge < -0.3 is 10.0 Å². The average molecular weight is 580 g/mol. The van der Waals surface area contributed by atoms with Gasteiger partial charge in [0.15, 0.2) is 0 Å². The number of nitrogens with zero attached hydrogens (tertiary/aromatic N) is 3. The highest BCUT2D eigenvalue weighted by atomic mass is 35.5. The summed E-state index contributed by atoms with van der Waals surface area (Å²) in [6.45, 7) is 5.10. The molecule has 2 aliphatic heterocycles. The van der Waals surface area contributed by atoms with Crippen molar-refractivity contribution in [2.45, 2.75) is 31.3 Å². The molecule has 0 saturated carbocycles. The van der Waals surface area contributed by atoms with E-state index in [0.29, 0.717) is 5.75 Å². The number of piperidine rings is 1. The molecule has 1 amide bonds. The molecular weight excluding hydrogens is 542 g/mol. The summed E-state index contributed by atoms with van der Waals surface area (Å²) < 4.78 is 0. The van der Waals surface area contributed by atoms with E-state index in [2.05, 4.69) is 64.4 Å². The van der Waals surface area contributed by atoms with Crippen LogP contribution in [0.2, 0.25) is 5.02 Å². The fourth-order valence-electron chi connectivity index (χ4n) is 6.54. The van der Waals surface area contributed by atoms with Gasteiger partial charge >= 0.3 is 0 Å². The maximum Gasteiger partial charge on any atom is 0.253 e. The third kappa shape index (κ3) is 6.24. The van der Waals surface area contributed by atoms with Gasteiger partial charge in [0.2, 0.25) is 0 Å². The first-order valence-corrected chi connectivity index (χ1v) is 15.4. The van der Waals surface area contributed by atoms with Crippen LogP contribution < -0.4 is 0 Å². The standard InChI is InChI=1S/C36H38ClN3O2/c37-31-19-17-28(18-20-31)34(27-9-3-1-4-10-27)38-23-25-39(26-24-38)35(32-11-5-6-12-33(32)41)29-13-15-30(16-14-29)36(42)40-21-7-2-8-22-40/h1,3-6,9-20,34-35,41H,2,7-8,21-26H2. The van der Waals surface area contributed by atoms with Crippen molar-refractivity contribution in [3.8, 4) is 5.75 Å². The van der Waals surface area contributed by atoms with Crippen molar-refractivity contribution >= 4 is 17.5 Å². The van der Waals surface area contributed by atoms with Gasteiger partial charge in [-0.2, -0.15) is 0 Å². The van der Waals surface area contributed by atoms with E-state index in [-0.39, 0.29) is 18.0 Å². The molecule has 5 nitrogen and oxygen atoms in total. The number of likely N-dealkylation sites (tertiary alicyclic amines) is 1. The van der Waals surface area contributed by atoms with Crippen LogP contribution in [-0.4, -0.2) is 65.0 Å². The van der Waals surface area contributed by atoms with Gasteiger partial charge in [0.1, 0.15) is 5.75 Å². The van der Waals surface area contributed by atoms with Crippen LogP contribution in [0.1, 0.15) is 64.0 Å². The second kappa shape index (κ2) is 13.1. The topological polar surface area (TPSA) is 47.0 Å². The first-order chi connectivity index (χ1) is 20.6. The highest BCUT2D eigenvalue weighted by Crippen LogP contribution is 2.37. The molecule has 2 aliphatic rings. The zero-order valence-electron chi connectivity index (χ0n) is 23.9. The molecule has 1 N–H and O–H groups in total. The van der Waals surface area contributed by atoms with E-state index in [4.69, 9.17) is 11.6 Å². The minimum atomic E-state index is -0.113. The molecule has 4 aromatic rings. The number of phenolic OH excluding ortho intramolecular Hbond substituents is 1. The number of carbonyl (C=O) groups excluding carboxylic acids is 1. The summed E-state index contributed by atoms with van der Waals surface area (Å²) in [7, 11) is 0. The van der Waals surface area contributed by atoms with E-state index in [1.54, 1.807) is 6.07 Å². The van der Waals surface area contributed by atoms with Crippen LogP contribution in [0, 0.1) is 0 Å². The third-order valence-electron chi connectivity index (χ3n) is 8.73. The Morgan fingerprint density at radius 3 is 1.76 bits per heavy atom. The van der Waals surface area contributed by atoms with Crippen LogP contribution in [0.15, 0.2) is 103 Å². The number of halogens is 1. The van der Waals surface area contributed by atoms with Crippen LogP contribution in [0.3, 0.4) is 0 Å². The number of carbonyl (C=O) groups is 1. The fraction of sp³-hybridized carbons (Fsp3) is 0.306. The summed E-state index contributed by atoms with van der Waals surface area (Å²) in [4.78, 5) is 20.1. The van der Waals surface area contributed by atoms with Gasteiger partial charge in [0.25, 0.3) is 5.91 Å². The van der Waals surface area contributed by atoms with E-state index >= 15 is 0 Å². The molecule has 2 fully saturated rings. The molecule has 42 heavy (non-hydrogen) atoms. The minimum absolute atomic E-state index is 0.113. The normalized spacial score (nSPS) is 18.0. The minimum Gasteiger partial charge on any atom is -0.508 e. The highest BCUT2D eigenvalue weighted by Gasteiger charge is 2.32. The largest absolute Gasteiger partial charge is 0.508 e. The molecule has 2 heterocycles. The summed E-state index contributed by atoms with van der Waals surface area (Å²) >= 11 is 6.24. The summed E-state index contributed by atoms with van der Waals surface area (Å²) in [5.41, 5.74) is 5.19. The van der Waals surface area contributed by atoms with Crippen LogP contribution in [0.25, 0.3) is 0 Å². The first-order valence-electron chi connectivity index (χ1n) is 15.0. The second-order valence-electron chi connectivity index (χ2n) is 11.4. The lowest BCUT2D eigenvalue weighted by Gasteiger charge is -2.43. The molecule has 2 unspecified atom stereocenters. The molecule has 2 atom stereocenters. The molecule has 216 valence electrons. The Hall–Kier alpha value is -3.64. The number of piperazine rings is 1. The highest BCUT2D eigenvalue weighted by molar-refractivity contribution is 6.30. The van der Waals surface area contributed by atoms with Crippen molar-refractivity contribution < 1.29 is 9.90 Å². The second-order valence-corrected chi connectivity index (χ2v) is 11.8. The predicted molar refractivity (Wildman–Crippen MR) is 169 cm³/mol. The van der Waals surface area contributed by atoms with Gasteiger partial charge in [-0.15, -0.1) is 0 Å². The van der Waals surface area contributed by atoms with E-state index < -0.39 is 0 Å². The maximum atomic E-state index is 13.1. The molecule has 6 heteroatoms. The van der Waals surface area contributed by atoms with E-state index in [1.165, 1.54) is 17.5 Å². The van der Waals surface area contributed by atoms with Gasteiger partial charge in [0, 0.05) is 55.4 Å². The van der Waals surface area contributed by atoms with Crippen molar-refractivity contribution in [3.05, 3.63) is 136 Å². The lowest BCUT2D eigenvalue weighted by atomic mass is 9.93.